The van der Waals surface area contributed by atoms with E-state index in [1.54, 1.807) is 12.2 Å². The van der Waals surface area contributed by atoms with Gasteiger partial charge in [0.05, 0.1) is 13.2 Å². The molecule has 1 fully saturated rings. The van der Waals surface area contributed by atoms with Gasteiger partial charge in [-0.05, 0) is 38.3 Å². The third-order valence-electron chi connectivity index (χ3n) is 3.18. The van der Waals surface area contributed by atoms with Gasteiger partial charge in [-0.25, -0.2) is 9.18 Å². The SMILES string of the molecule is CC1(C)COCC(C2C=CC(F)=CC2)N1.O=C(O)C(F)(F)F. The Bertz CT molecular complexity index is 457. The molecule has 4 nitrogen and oxygen atoms in total. The normalized spacial score (nSPS) is 27.5. The van der Waals surface area contributed by atoms with Gasteiger partial charge < -0.3 is 15.2 Å². The number of morpholine rings is 1. The van der Waals surface area contributed by atoms with E-state index in [2.05, 4.69) is 19.2 Å². The Morgan fingerprint density at radius 2 is 2.05 bits per heavy atom. The smallest absolute Gasteiger partial charge is 0.475 e. The third-order valence-corrected chi connectivity index (χ3v) is 3.18. The van der Waals surface area contributed by atoms with Crippen LogP contribution in [0.3, 0.4) is 0 Å². The van der Waals surface area contributed by atoms with E-state index in [0.717, 1.165) is 13.0 Å². The fourth-order valence-corrected chi connectivity index (χ4v) is 2.17. The summed E-state index contributed by atoms with van der Waals surface area (Å²) < 4.78 is 50.1. The van der Waals surface area contributed by atoms with Crippen LogP contribution in [0.1, 0.15) is 20.3 Å². The zero-order valence-electron chi connectivity index (χ0n) is 12.3. The summed E-state index contributed by atoms with van der Waals surface area (Å²) >= 11 is 0. The predicted molar refractivity (Wildman–Crippen MR) is 72.0 cm³/mol. The van der Waals surface area contributed by atoms with Crippen molar-refractivity contribution in [3.63, 3.8) is 0 Å². The number of rotatable bonds is 1. The van der Waals surface area contributed by atoms with Crippen molar-refractivity contribution < 1.29 is 32.2 Å². The number of hydrogen-bond donors (Lipinski definition) is 2. The molecule has 1 heterocycles. The molecule has 0 radical (unpaired) electrons. The molecule has 0 bridgehead atoms. The van der Waals surface area contributed by atoms with Crippen molar-refractivity contribution in [2.24, 2.45) is 5.92 Å². The third kappa shape index (κ3) is 6.15. The lowest BCUT2D eigenvalue weighted by Gasteiger charge is -2.40. The highest BCUT2D eigenvalue weighted by Crippen LogP contribution is 2.24. The summed E-state index contributed by atoms with van der Waals surface area (Å²) in [5.74, 6) is -2.53. The van der Waals surface area contributed by atoms with E-state index in [-0.39, 0.29) is 11.4 Å². The van der Waals surface area contributed by atoms with E-state index in [0.29, 0.717) is 18.6 Å². The van der Waals surface area contributed by atoms with Gasteiger partial charge in [-0.3, -0.25) is 0 Å². The summed E-state index contributed by atoms with van der Waals surface area (Å²) in [5.41, 5.74) is 0.0243. The topological polar surface area (TPSA) is 58.6 Å². The number of allylic oxidation sites excluding steroid dienone is 3. The first-order chi connectivity index (χ1) is 10.0. The van der Waals surface area contributed by atoms with E-state index in [1.807, 2.05) is 6.08 Å². The number of carboxylic acid groups (broad SMARTS) is 1. The molecule has 2 N–H and O–H groups in total. The van der Waals surface area contributed by atoms with Crippen LogP contribution < -0.4 is 5.32 Å². The van der Waals surface area contributed by atoms with Crippen molar-refractivity contribution in [3.8, 4) is 0 Å². The molecule has 22 heavy (non-hydrogen) atoms. The average Bonchev–Trinajstić information content (AvgIpc) is 2.38. The molecule has 2 aliphatic rings. The van der Waals surface area contributed by atoms with E-state index in [4.69, 9.17) is 14.6 Å². The lowest BCUT2D eigenvalue weighted by molar-refractivity contribution is -0.192. The Morgan fingerprint density at radius 3 is 2.45 bits per heavy atom. The maximum Gasteiger partial charge on any atom is 0.490 e. The molecule has 0 aromatic carbocycles. The Labute approximate surface area is 125 Å². The van der Waals surface area contributed by atoms with Crippen molar-refractivity contribution in [2.45, 2.75) is 38.0 Å². The highest BCUT2D eigenvalue weighted by molar-refractivity contribution is 5.73. The molecular formula is C14H19F4NO3. The molecule has 0 spiro atoms. The molecule has 1 saturated heterocycles. The van der Waals surface area contributed by atoms with Crippen molar-refractivity contribution >= 4 is 5.97 Å². The quantitative estimate of drug-likeness (QED) is 0.728. The lowest BCUT2D eigenvalue weighted by Crippen LogP contribution is -2.57. The van der Waals surface area contributed by atoms with Gasteiger partial charge in [0, 0.05) is 11.6 Å². The molecule has 2 rings (SSSR count). The van der Waals surface area contributed by atoms with Crippen molar-refractivity contribution in [1.29, 1.82) is 0 Å². The van der Waals surface area contributed by atoms with Gasteiger partial charge in [0.25, 0.3) is 0 Å². The standard InChI is InChI=1S/C12H18FNO.C2HF3O2/c1-12(2)8-15-7-11(14-12)9-3-5-10(13)6-4-9;3-2(4,5)1(6)7/h3,5-6,9,11,14H,4,7-8H2,1-2H3;(H,6,7). The van der Waals surface area contributed by atoms with Crippen molar-refractivity contribution in [3.05, 3.63) is 24.1 Å². The summed E-state index contributed by atoms with van der Waals surface area (Å²) in [6, 6.07) is 0.300. The first-order valence-corrected chi connectivity index (χ1v) is 6.71. The Kier molecular flexibility index (Phi) is 6.13. The van der Waals surface area contributed by atoms with Gasteiger partial charge in [0.15, 0.2) is 0 Å². The van der Waals surface area contributed by atoms with Crippen LogP contribution in [0.4, 0.5) is 17.6 Å². The number of halogens is 4. The summed E-state index contributed by atoms with van der Waals surface area (Å²) in [6.07, 6.45) is 0.822. The average molecular weight is 325 g/mol. The van der Waals surface area contributed by atoms with Gasteiger partial charge in [-0.1, -0.05) is 6.08 Å². The van der Waals surface area contributed by atoms with Crippen molar-refractivity contribution in [1.82, 2.24) is 5.32 Å². The van der Waals surface area contributed by atoms with Gasteiger partial charge in [0.1, 0.15) is 5.83 Å². The molecule has 0 aromatic rings. The van der Waals surface area contributed by atoms with Gasteiger partial charge in [-0.2, -0.15) is 13.2 Å². The van der Waals surface area contributed by atoms with Crippen LogP contribution in [-0.2, 0) is 9.53 Å². The van der Waals surface area contributed by atoms with Crippen LogP contribution >= 0.6 is 0 Å². The highest BCUT2D eigenvalue weighted by Gasteiger charge is 2.38. The van der Waals surface area contributed by atoms with E-state index in [9.17, 15) is 17.6 Å². The van der Waals surface area contributed by atoms with Crippen LogP contribution in [0.25, 0.3) is 0 Å². The molecule has 2 atom stereocenters. The Balaban J connectivity index is 0.000000295. The van der Waals surface area contributed by atoms with E-state index >= 15 is 0 Å². The molecule has 0 aromatic heterocycles. The number of aliphatic carboxylic acids is 1. The molecule has 1 aliphatic heterocycles. The van der Waals surface area contributed by atoms with Gasteiger partial charge in [-0.15, -0.1) is 0 Å². The Morgan fingerprint density at radius 1 is 1.45 bits per heavy atom. The summed E-state index contributed by atoms with van der Waals surface area (Å²) in [4.78, 5) is 8.90. The van der Waals surface area contributed by atoms with Crippen LogP contribution in [-0.4, -0.2) is 42.0 Å². The monoisotopic (exact) mass is 325 g/mol. The summed E-state index contributed by atoms with van der Waals surface area (Å²) in [6.45, 7) is 5.71. The van der Waals surface area contributed by atoms with Crippen LogP contribution in [0.5, 0.6) is 0 Å². The minimum Gasteiger partial charge on any atom is -0.475 e. The van der Waals surface area contributed by atoms with Crippen LogP contribution in [0.15, 0.2) is 24.1 Å². The first kappa shape index (κ1) is 18.6. The van der Waals surface area contributed by atoms with Gasteiger partial charge >= 0.3 is 12.1 Å². The molecular weight excluding hydrogens is 306 g/mol. The lowest BCUT2D eigenvalue weighted by atomic mass is 9.89. The molecule has 126 valence electrons. The number of carboxylic acids is 1. The fourth-order valence-electron chi connectivity index (χ4n) is 2.17. The zero-order valence-corrected chi connectivity index (χ0v) is 12.3. The predicted octanol–water partition coefficient (Wildman–Crippen LogP) is 2.82. The molecule has 1 aliphatic carbocycles. The maximum absolute atomic E-state index is 12.8. The second-order valence-electron chi connectivity index (χ2n) is 5.80. The number of ether oxygens (including phenoxy) is 1. The van der Waals surface area contributed by atoms with Crippen LogP contribution in [0.2, 0.25) is 0 Å². The zero-order chi connectivity index (χ0) is 17.0. The minimum absolute atomic E-state index is 0.0243. The first-order valence-electron chi connectivity index (χ1n) is 6.71. The van der Waals surface area contributed by atoms with Gasteiger partial charge in [0.2, 0.25) is 0 Å². The summed E-state index contributed by atoms with van der Waals surface area (Å²) in [7, 11) is 0. The Hall–Kier alpha value is -1.41. The number of carbonyl (C=O) groups is 1. The van der Waals surface area contributed by atoms with Crippen molar-refractivity contribution in [2.75, 3.05) is 13.2 Å². The second-order valence-corrected chi connectivity index (χ2v) is 5.80. The molecule has 8 heteroatoms. The highest BCUT2D eigenvalue weighted by atomic mass is 19.4. The molecule has 2 unspecified atom stereocenters. The fraction of sp³-hybridized carbons (Fsp3) is 0.643. The maximum atomic E-state index is 12.8. The number of hydrogen-bond acceptors (Lipinski definition) is 3. The number of alkyl halides is 3. The second kappa shape index (κ2) is 7.23. The minimum atomic E-state index is -5.08. The van der Waals surface area contributed by atoms with E-state index < -0.39 is 12.1 Å². The van der Waals surface area contributed by atoms with Crippen LogP contribution in [0, 0.1) is 5.92 Å². The largest absolute Gasteiger partial charge is 0.490 e. The van der Waals surface area contributed by atoms with E-state index in [1.165, 1.54) is 0 Å². The molecule has 0 saturated carbocycles. The number of nitrogens with one attached hydrogen (secondary N) is 1. The summed E-state index contributed by atoms with van der Waals surface area (Å²) in [5, 5.41) is 10.7. The molecule has 0 amide bonds.